The zero-order valence-electron chi connectivity index (χ0n) is 15.4. The van der Waals surface area contributed by atoms with Crippen molar-refractivity contribution in [2.24, 2.45) is 5.92 Å². The Kier molecular flexibility index (Phi) is 7.05. The molecule has 0 bridgehead atoms. The molecule has 1 aromatic carbocycles. The first-order valence-corrected chi connectivity index (χ1v) is 9.84. The molecule has 0 saturated heterocycles. The molecule has 2 rings (SSSR count). The van der Waals surface area contributed by atoms with Crippen molar-refractivity contribution in [2.75, 3.05) is 5.75 Å². The van der Waals surface area contributed by atoms with Crippen LogP contribution in [0.3, 0.4) is 0 Å². The maximum absolute atomic E-state index is 12.8. The van der Waals surface area contributed by atoms with Crippen molar-refractivity contribution in [3.63, 3.8) is 0 Å². The van der Waals surface area contributed by atoms with Crippen molar-refractivity contribution in [1.82, 2.24) is 14.9 Å². The summed E-state index contributed by atoms with van der Waals surface area (Å²) >= 11 is 1.33. The van der Waals surface area contributed by atoms with E-state index in [1.165, 1.54) is 11.8 Å². The smallest absolute Gasteiger partial charge is 0.262 e. The molecule has 1 amide bonds. The number of rotatable bonds is 8. The van der Waals surface area contributed by atoms with E-state index in [0.29, 0.717) is 28.5 Å². The zero-order chi connectivity index (χ0) is 18.4. The van der Waals surface area contributed by atoms with E-state index < -0.39 is 0 Å². The Labute approximate surface area is 153 Å². The van der Waals surface area contributed by atoms with Gasteiger partial charge in [0.25, 0.3) is 5.56 Å². The Morgan fingerprint density at radius 2 is 2.00 bits per heavy atom. The number of hydrogen-bond donors (Lipinski definition) is 1. The lowest BCUT2D eigenvalue weighted by atomic mass is 10.1. The molecular weight excluding hydrogens is 334 g/mol. The fourth-order valence-electron chi connectivity index (χ4n) is 2.36. The summed E-state index contributed by atoms with van der Waals surface area (Å²) in [6, 6.07) is 7.49. The fraction of sp³-hybridized carbons (Fsp3) is 0.526. The van der Waals surface area contributed by atoms with Gasteiger partial charge in [0.2, 0.25) is 5.91 Å². The molecule has 0 aliphatic rings. The molecule has 136 valence electrons. The van der Waals surface area contributed by atoms with Gasteiger partial charge in [-0.15, -0.1) is 0 Å². The first-order chi connectivity index (χ1) is 11.9. The third-order valence-corrected chi connectivity index (χ3v) is 5.26. The normalized spacial score (nSPS) is 12.5. The largest absolute Gasteiger partial charge is 0.353 e. The van der Waals surface area contributed by atoms with Crippen LogP contribution in [0.5, 0.6) is 0 Å². The molecule has 1 unspecified atom stereocenters. The van der Waals surface area contributed by atoms with Crippen molar-refractivity contribution >= 4 is 28.6 Å². The average Bonchev–Trinajstić information content (AvgIpc) is 2.59. The molecule has 25 heavy (non-hydrogen) atoms. The summed E-state index contributed by atoms with van der Waals surface area (Å²) in [4.78, 5) is 29.6. The predicted octanol–water partition coefficient (Wildman–Crippen LogP) is 3.45. The van der Waals surface area contributed by atoms with Crippen LogP contribution in [0.4, 0.5) is 0 Å². The van der Waals surface area contributed by atoms with Gasteiger partial charge in [0, 0.05) is 12.6 Å². The Morgan fingerprint density at radius 3 is 2.68 bits per heavy atom. The SMILES string of the molecule is CCCCn1c(SCC(=O)NC(C)C(C)C)nc2ccccc2c1=O. The Hall–Kier alpha value is -1.82. The van der Waals surface area contributed by atoms with Crippen molar-refractivity contribution in [2.45, 2.75) is 58.3 Å². The number of amides is 1. The van der Waals surface area contributed by atoms with E-state index in [4.69, 9.17) is 0 Å². The van der Waals surface area contributed by atoms with Gasteiger partial charge in [-0.1, -0.05) is 51.1 Å². The molecule has 0 spiro atoms. The third kappa shape index (κ3) is 5.08. The van der Waals surface area contributed by atoms with Gasteiger partial charge in [0.15, 0.2) is 5.16 Å². The number of unbranched alkanes of at least 4 members (excludes halogenated alkanes) is 1. The van der Waals surface area contributed by atoms with Gasteiger partial charge in [0.05, 0.1) is 16.7 Å². The molecule has 1 N–H and O–H groups in total. The highest BCUT2D eigenvalue weighted by atomic mass is 32.2. The molecular formula is C19H27N3O2S. The van der Waals surface area contributed by atoms with Crippen molar-refractivity contribution < 1.29 is 4.79 Å². The van der Waals surface area contributed by atoms with Gasteiger partial charge in [0.1, 0.15) is 0 Å². The fourth-order valence-corrected chi connectivity index (χ4v) is 3.20. The molecule has 2 aromatic rings. The second kappa shape index (κ2) is 9.04. The summed E-state index contributed by atoms with van der Waals surface area (Å²) in [6.45, 7) is 8.86. The highest BCUT2D eigenvalue weighted by Gasteiger charge is 2.15. The van der Waals surface area contributed by atoms with Crippen LogP contribution in [0.25, 0.3) is 10.9 Å². The van der Waals surface area contributed by atoms with E-state index in [1.807, 2.05) is 25.1 Å². The minimum absolute atomic E-state index is 0.0301. The molecule has 6 heteroatoms. The summed E-state index contributed by atoms with van der Waals surface area (Å²) in [7, 11) is 0. The monoisotopic (exact) mass is 361 g/mol. The van der Waals surface area contributed by atoms with E-state index in [1.54, 1.807) is 10.6 Å². The van der Waals surface area contributed by atoms with Crippen LogP contribution in [-0.2, 0) is 11.3 Å². The number of thioether (sulfide) groups is 1. The minimum Gasteiger partial charge on any atom is -0.353 e. The Morgan fingerprint density at radius 1 is 1.28 bits per heavy atom. The second-order valence-corrected chi connectivity index (χ2v) is 7.55. The topological polar surface area (TPSA) is 64.0 Å². The van der Waals surface area contributed by atoms with Gasteiger partial charge < -0.3 is 5.32 Å². The van der Waals surface area contributed by atoms with Crippen LogP contribution in [0.1, 0.15) is 40.5 Å². The summed E-state index contributed by atoms with van der Waals surface area (Å²) in [6.07, 6.45) is 1.90. The number of carbonyl (C=O) groups excluding carboxylic acids is 1. The number of benzene rings is 1. The molecule has 0 radical (unpaired) electrons. The second-order valence-electron chi connectivity index (χ2n) is 6.61. The van der Waals surface area contributed by atoms with E-state index in [2.05, 4.69) is 31.1 Å². The number of fused-ring (bicyclic) bond motifs is 1. The number of hydrogen-bond acceptors (Lipinski definition) is 4. The van der Waals surface area contributed by atoms with Crippen LogP contribution in [-0.4, -0.2) is 27.3 Å². The van der Waals surface area contributed by atoms with E-state index >= 15 is 0 Å². The van der Waals surface area contributed by atoms with Gasteiger partial charge in [-0.05, 0) is 31.4 Å². The Balaban J connectivity index is 2.23. The average molecular weight is 362 g/mol. The van der Waals surface area contributed by atoms with Crippen molar-refractivity contribution in [3.05, 3.63) is 34.6 Å². The number of carbonyl (C=O) groups is 1. The summed E-state index contributed by atoms with van der Waals surface area (Å²) in [5.41, 5.74) is 0.649. The lowest BCUT2D eigenvalue weighted by Gasteiger charge is -2.17. The molecule has 0 saturated carbocycles. The summed E-state index contributed by atoms with van der Waals surface area (Å²) < 4.78 is 1.70. The predicted molar refractivity (Wildman–Crippen MR) is 104 cm³/mol. The van der Waals surface area contributed by atoms with Gasteiger partial charge in [-0.25, -0.2) is 4.98 Å². The van der Waals surface area contributed by atoms with Gasteiger partial charge in [-0.2, -0.15) is 0 Å². The zero-order valence-corrected chi connectivity index (χ0v) is 16.2. The number of para-hydroxylation sites is 1. The van der Waals surface area contributed by atoms with Gasteiger partial charge >= 0.3 is 0 Å². The van der Waals surface area contributed by atoms with Crippen LogP contribution < -0.4 is 10.9 Å². The standard InChI is InChI=1S/C19H27N3O2S/c1-5-6-11-22-18(24)15-9-7-8-10-16(15)21-19(22)25-12-17(23)20-14(4)13(2)3/h7-10,13-14H,5-6,11-12H2,1-4H3,(H,20,23). The van der Waals surface area contributed by atoms with Crippen LogP contribution in [0, 0.1) is 5.92 Å². The number of nitrogens with zero attached hydrogens (tertiary/aromatic N) is 2. The molecule has 0 fully saturated rings. The molecule has 0 aliphatic carbocycles. The first-order valence-electron chi connectivity index (χ1n) is 8.85. The lowest BCUT2D eigenvalue weighted by molar-refractivity contribution is -0.119. The summed E-state index contributed by atoms with van der Waals surface area (Å²) in [5, 5.41) is 4.23. The number of nitrogens with one attached hydrogen (secondary N) is 1. The van der Waals surface area contributed by atoms with E-state index in [0.717, 1.165) is 12.8 Å². The maximum Gasteiger partial charge on any atom is 0.262 e. The quantitative estimate of drug-likeness (QED) is 0.578. The van der Waals surface area contributed by atoms with Gasteiger partial charge in [-0.3, -0.25) is 14.2 Å². The molecule has 1 heterocycles. The van der Waals surface area contributed by atoms with Crippen LogP contribution in [0.15, 0.2) is 34.2 Å². The van der Waals surface area contributed by atoms with Crippen LogP contribution >= 0.6 is 11.8 Å². The van der Waals surface area contributed by atoms with E-state index in [9.17, 15) is 9.59 Å². The Bertz CT molecular complexity index is 786. The highest BCUT2D eigenvalue weighted by Crippen LogP contribution is 2.18. The summed E-state index contributed by atoms with van der Waals surface area (Å²) in [5.74, 6) is 0.611. The van der Waals surface area contributed by atoms with E-state index in [-0.39, 0.29) is 23.3 Å². The van der Waals surface area contributed by atoms with Crippen molar-refractivity contribution in [3.8, 4) is 0 Å². The highest BCUT2D eigenvalue weighted by molar-refractivity contribution is 7.99. The molecule has 5 nitrogen and oxygen atoms in total. The number of aromatic nitrogens is 2. The molecule has 0 aliphatic heterocycles. The minimum atomic E-state index is -0.0318. The molecule has 1 atom stereocenters. The lowest BCUT2D eigenvalue weighted by Crippen LogP contribution is -2.37. The van der Waals surface area contributed by atoms with Crippen LogP contribution in [0.2, 0.25) is 0 Å². The molecule has 1 aromatic heterocycles. The van der Waals surface area contributed by atoms with Crippen molar-refractivity contribution in [1.29, 1.82) is 0 Å². The maximum atomic E-state index is 12.8. The first kappa shape index (κ1) is 19.5. The third-order valence-electron chi connectivity index (χ3n) is 4.28.